The van der Waals surface area contributed by atoms with Crippen LogP contribution in [0.1, 0.15) is 35.3 Å². The Morgan fingerprint density at radius 3 is 1.57 bits per heavy atom. The number of aliphatic imine (C=N–C) groups is 1. The molecule has 3 rings (SSSR count). The standard InChI is InChI=1S/C11H15NO2.C8H8O2.C7H8O3S.C3H9NO/c1-9(8-13)12-7-10-3-5-11(14-2)6-4-10;1-10-8-4-2-7(6-9)3-5-8;1-6-2-4-7(5-3-6)11(8,9)10;1-3(4)2-5/h3-7,9,13H,8H2,1-2H3;2-6H,1H3;2-5H,1H3,(H,8,9,10);3,5H,2,4H2,1H3. The van der Waals surface area contributed by atoms with E-state index in [1.807, 2.05) is 38.1 Å². The molecule has 0 bridgehead atoms. The molecular formula is C29H40N2O8S. The number of carbonyl (C=O) groups is 1. The third-order valence-corrected chi connectivity index (χ3v) is 5.58. The second kappa shape index (κ2) is 20.3. The fourth-order valence-electron chi connectivity index (χ4n) is 2.34. The van der Waals surface area contributed by atoms with E-state index >= 15 is 0 Å². The Labute approximate surface area is 236 Å². The molecule has 2 atom stereocenters. The van der Waals surface area contributed by atoms with Crippen LogP contribution in [-0.4, -0.2) is 75.2 Å². The van der Waals surface area contributed by atoms with Gasteiger partial charge in [-0.3, -0.25) is 14.3 Å². The van der Waals surface area contributed by atoms with E-state index in [0.717, 1.165) is 28.9 Å². The Balaban J connectivity index is 0.000000533. The third kappa shape index (κ3) is 17.1. The number of ether oxygens (including phenoxy) is 2. The molecule has 0 saturated heterocycles. The number of hydrogen-bond acceptors (Lipinski definition) is 9. The number of hydrogen-bond donors (Lipinski definition) is 4. The zero-order valence-electron chi connectivity index (χ0n) is 23.5. The molecule has 2 unspecified atom stereocenters. The summed E-state index contributed by atoms with van der Waals surface area (Å²) < 4.78 is 39.5. The van der Waals surface area contributed by atoms with Crippen molar-refractivity contribution in [1.82, 2.24) is 0 Å². The van der Waals surface area contributed by atoms with Crippen LogP contribution >= 0.6 is 0 Å². The molecule has 10 nitrogen and oxygen atoms in total. The van der Waals surface area contributed by atoms with Gasteiger partial charge in [-0.2, -0.15) is 8.42 Å². The Morgan fingerprint density at radius 1 is 0.825 bits per heavy atom. The molecule has 3 aromatic carbocycles. The number of rotatable bonds is 8. The number of nitrogens with zero attached hydrogens (tertiary/aromatic N) is 1. The minimum Gasteiger partial charge on any atom is -0.497 e. The van der Waals surface area contributed by atoms with Crippen LogP contribution in [0.2, 0.25) is 0 Å². The highest BCUT2D eigenvalue weighted by atomic mass is 32.2. The van der Waals surface area contributed by atoms with E-state index in [2.05, 4.69) is 4.99 Å². The van der Waals surface area contributed by atoms with E-state index in [1.54, 1.807) is 63.8 Å². The number of carbonyl (C=O) groups excluding carboxylic acids is 1. The summed E-state index contributed by atoms with van der Waals surface area (Å²) >= 11 is 0. The van der Waals surface area contributed by atoms with Gasteiger partial charge in [0.25, 0.3) is 10.1 Å². The van der Waals surface area contributed by atoms with Crippen molar-refractivity contribution in [1.29, 1.82) is 0 Å². The number of aliphatic hydroxyl groups excluding tert-OH is 2. The van der Waals surface area contributed by atoms with Gasteiger partial charge in [-0.1, -0.05) is 17.7 Å². The maximum Gasteiger partial charge on any atom is 0.294 e. The largest absolute Gasteiger partial charge is 0.497 e. The van der Waals surface area contributed by atoms with Crippen molar-refractivity contribution in [3.63, 3.8) is 0 Å². The Kier molecular flexibility index (Phi) is 18.5. The van der Waals surface area contributed by atoms with E-state index in [-0.39, 0.29) is 30.2 Å². The first kappa shape index (κ1) is 36.4. The number of aliphatic hydroxyl groups is 2. The van der Waals surface area contributed by atoms with Gasteiger partial charge in [0.1, 0.15) is 17.8 Å². The van der Waals surface area contributed by atoms with Gasteiger partial charge in [0.15, 0.2) is 0 Å². The second-order valence-corrected chi connectivity index (χ2v) is 9.84. The monoisotopic (exact) mass is 576 g/mol. The van der Waals surface area contributed by atoms with Gasteiger partial charge >= 0.3 is 0 Å². The van der Waals surface area contributed by atoms with Gasteiger partial charge in [-0.15, -0.1) is 0 Å². The fraction of sp³-hybridized carbons (Fsp3) is 0.310. The summed E-state index contributed by atoms with van der Waals surface area (Å²) in [5, 5.41) is 16.8. The maximum absolute atomic E-state index is 10.5. The number of benzene rings is 3. The van der Waals surface area contributed by atoms with Gasteiger partial charge in [0.05, 0.1) is 38.4 Å². The lowest BCUT2D eigenvalue weighted by molar-refractivity contribution is 0.112. The smallest absolute Gasteiger partial charge is 0.294 e. The van der Waals surface area contributed by atoms with Crippen LogP contribution in [-0.2, 0) is 10.1 Å². The Morgan fingerprint density at radius 2 is 1.25 bits per heavy atom. The molecule has 11 heteroatoms. The molecule has 40 heavy (non-hydrogen) atoms. The summed E-state index contributed by atoms with van der Waals surface area (Å²) in [5.74, 6) is 1.60. The van der Waals surface area contributed by atoms with Crippen LogP contribution in [0.5, 0.6) is 11.5 Å². The highest BCUT2D eigenvalue weighted by Crippen LogP contribution is 2.11. The molecule has 0 aliphatic heterocycles. The van der Waals surface area contributed by atoms with E-state index in [1.165, 1.54) is 12.1 Å². The highest BCUT2D eigenvalue weighted by Gasteiger charge is 2.06. The van der Waals surface area contributed by atoms with Crippen molar-refractivity contribution in [2.24, 2.45) is 10.7 Å². The van der Waals surface area contributed by atoms with Gasteiger partial charge < -0.3 is 25.4 Å². The van der Waals surface area contributed by atoms with Gasteiger partial charge in [0, 0.05) is 17.8 Å². The summed E-state index contributed by atoms with van der Waals surface area (Å²) in [4.78, 5) is 14.3. The second-order valence-electron chi connectivity index (χ2n) is 8.42. The Bertz CT molecular complexity index is 1210. The predicted molar refractivity (Wildman–Crippen MR) is 157 cm³/mol. The Hall–Kier alpha value is -3.61. The van der Waals surface area contributed by atoms with Crippen molar-refractivity contribution >= 4 is 22.6 Å². The number of aryl methyl sites for hydroxylation is 1. The molecule has 0 amide bonds. The third-order valence-electron chi connectivity index (χ3n) is 4.72. The fourth-order valence-corrected chi connectivity index (χ4v) is 2.82. The van der Waals surface area contributed by atoms with Crippen LogP contribution in [0.3, 0.4) is 0 Å². The highest BCUT2D eigenvalue weighted by molar-refractivity contribution is 7.85. The minimum atomic E-state index is -4.02. The topological polar surface area (TPSA) is 169 Å². The van der Waals surface area contributed by atoms with Gasteiger partial charge in [0.2, 0.25) is 0 Å². The number of methoxy groups -OCH3 is 2. The first-order valence-electron chi connectivity index (χ1n) is 12.2. The van der Waals surface area contributed by atoms with E-state index in [9.17, 15) is 13.2 Å². The van der Waals surface area contributed by atoms with Crippen LogP contribution < -0.4 is 15.2 Å². The van der Waals surface area contributed by atoms with Crippen molar-refractivity contribution in [2.75, 3.05) is 27.4 Å². The van der Waals surface area contributed by atoms with Gasteiger partial charge in [-0.05, 0) is 87.0 Å². The van der Waals surface area contributed by atoms with E-state index in [4.69, 9.17) is 30.0 Å². The van der Waals surface area contributed by atoms with Crippen molar-refractivity contribution < 1.29 is 37.5 Å². The summed E-state index contributed by atoms with van der Waals surface area (Å²) in [6.07, 6.45) is 2.56. The first-order valence-corrected chi connectivity index (χ1v) is 13.6. The molecule has 0 radical (unpaired) electrons. The molecule has 0 spiro atoms. The molecule has 0 heterocycles. The van der Waals surface area contributed by atoms with Crippen LogP contribution in [0.25, 0.3) is 0 Å². The molecule has 3 aromatic rings. The molecular weight excluding hydrogens is 536 g/mol. The lowest BCUT2D eigenvalue weighted by Crippen LogP contribution is -2.18. The molecule has 0 aromatic heterocycles. The lowest BCUT2D eigenvalue weighted by Gasteiger charge is -2.01. The molecule has 0 aliphatic rings. The zero-order valence-corrected chi connectivity index (χ0v) is 24.3. The maximum atomic E-state index is 10.5. The van der Waals surface area contributed by atoms with Crippen molar-refractivity contribution in [3.05, 3.63) is 89.5 Å². The average Bonchev–Trinajstić information content (AvgIpc) is 2.96. The summed E-state index contributed by atoms with van der Waals surface area (Å²) in [7, 11) is -0.791. The summed E-state index contributed by atoms with van der Waals surface area (Å²) in [6.45, 7) is 5.61. The van der Waals surface area contributed by atoms with Crippen LogP contribution in [0, 0.1) is 6.92 Å². The molecule has 0 saturated carbocycles. The quantitative estimate of drug-likeness (QED) is 0.178. The van der Waals surface area contributed by atoms with E-state index < -0.39 is 10.1 Å². The molecule has 0 aliphatic carbocycles. The average molecular weight is 577 g/mol. The number of nitrogens with two attached hydrogens (primary N) is 1. The van der Waals surface area contributed by atoms with Crippen LogP contribution in [0.15, 0.2) is 82.7 Å². The SMILES string of the molecule is CC(N)CO.COc1ccc(C=NC(C)CO)cc1.COc1ccc(C=O)cc1.Cc1ccc(S(=O)(=O)O)cc1. The summed E-state index contributed by atoms with van der Waals surface area (Å²) in [5.41, 5.74) is 7.67. The lowest BCUT2D eigenvalue weighted by atomic mass is 10.2. The zero-order chi connectivity index (χ0) is 30.6. The van der Waals surface area contributed by atoms with Crippen molar-refractivity contribution in [2.45, 2.75) is 37.8 Å². The van der Waals surface area contributed by atoms with Crippen LogP contribution in [0.4, 0.5) is 0 Å². The van der Waals surface area contributed by atoms with Gasteiger partial charge in [-0.25, -0.2) is 0 Å². The summed E-state index contributed by atoms with van der Waals surface area (Å²) in [6, 6.07) is 20.4. The first-order chi connectivity index (χ1) is 18.9. The molecule has 0 fully saturated rings. The minimum absolute atomic E-state index is 0.0444. The molecule has 220 valence electrons. The predicted octanol–water partition coefficient (Wildman–Crippen LogP) is 3.57. The normalized spacial score (nSPS) is 11.8. The van der Waals surface area contributed by atoms with Crippen molar-refractivity contribution in [3.8, 4) is 11.5 Å². The number of aldehydes is 1. The molecule has 5 N–H and O–H groups in total. The van der Waals surface area contributed by atoms with E-state index in [0.29, 0.717) is 5.56 Å².